The van der Waals surface area contributed by atoms with Crippen LogP contribution in [0.5, 0.6) is 0 Å². The third-order valence-electron chi connectivity index (χ3n) is 5.22. The molecule has 0 aromatic rings. The molecule has 2 rings (SSSR count). The minimum absolute atomic E-state index is 0.863. The lowest BCUT2D eigenvalue weighted by Gasteiger charge is -2.38. The third kappa shape index (κ3) is 3.96. The molecule has 0 radical (unpaired) electrons. The molecule has 0 aromatic carbocycles. The molecule has 2 heterocycles. The molecule has 0 bridgehead atoms. The standard InChI is InChI=1S/C16H32N2/c1-13(2)16-5-4-10-18(12-16)11-14(3)15-6-8-17-9-7-15/h13-17H,4-12H2,1-3H3. The minimum Gasteiger partial charge on any atom is -0.317 e. The Bertz CT molecular complexity index is 233. The highest BCUT2D eigenvalue weighted by atomic mass is 15.1. The van der Waals surface area contributed by atoms with Gasteiger partial charge in [0.15, 0.2) is 0 Å². The largest absolute Gasteiger partial charge is 0.317 e. The molecule has 2 saturated heterocycles. The Morgan fingerprint density at radius 3 is 2.44 bits per heavy atom. The van der Waals surface area contributed by atoms with Gasteiger partial charge in [-0.2, -0.15) is 0 Å². The van der Waals surface area contributed by atoms with Crippen molar-refractivity contribution in [2.75, 3.05) is 32.7 Å². The number of hydrogen-bond donors (Lipinski definition) is 1. The second-order valence-electron chi connectivity index (χ2n) is 6.97. The summed E-state index contributed by atoms with van der Waals surface area (Å²) < 4.78 is 0. The van der Waals surface area contributed by atoms with E-state index in [0.29, 0.717) is 0 Å². The van der Waals surface area contributed by atoms with E-state index in [9.17, 15) is 0 Å². The maximum Gasteiger partial charge on any atom is 0.00122 e. The van der Waals surface area contributed by atoms with Crippen LogP contribution in [0.2, 0.25) is 0 Å². The van der Waals surface area contributed by atoms with Gasteiger partial charge in [0.05, 0.1) is 0 Å². The molecular weight excluding hydrogens is 220 g/mol. The summed E-state index contributed by atoms with van der Waals surface area (Å²) in [6.45, 7) is 13.8. The second kappa shape index (κ2) is 6.91. The fourth-order valence-electron chi connectivity index (χ4n) is 3.77. The van der Waals surface area contributed by atoms with Gasteiger partial charge in [0.1, 0.15) is 0 Å². The fourth-order valence-corrected chi connectivity index (χ4v) is 3.77. The topological polar surface area (TPSA) is 15.3 Å². The molecule has 2 heteroatoms. The van der Waals surface area contributed by atoms with Gasteiger partial charge in [0, 0.05) is 13.1 Å². The zero-order chi connectivity index (χ0) is 13.0. The SMILES string of the molecule is CC(C)C1CCCN(CC(C)C2CCNCC2)C1. The van der Waals surface area contributed by atoms with Gasteiger partial charge in [0.25, 0.3) is 0 Å². The maximum absolute atomic E-state index is 3.48. The number of likely N-dealkylation sites (tertiary alicyclic amines) is 1. The Labute approximate surface area is 114 Å². The molecule has 0 spiro atoms. The van der Waals surface area contributed by atoms with Crippen molar-refractivity contribution < 1.29 is 0 Å². The van der Waals surface area contributed by atoms with E-state index in [1.54, 1.807) is 0 Å². The van der Waals surface area contributed by atoms with Crippen LogP contribution in [0.1, 0.15) is 46.5 Å². The lowest BCUT2D eigenvalue weighted by molar-refractivity contribution is 0.110. The van der Waals surface area contributed by atoms with E-state index >= 15 is 0 Å². The highest BCUT2D eigenvalue weighted by molar-refractivity contribution is 4.80. The van der Waals surface area contributed by atoms with Gasteiger partial charge < -0.3 is 10.2 Å². The Balaban J connectivity index is 1.77. The van der Waals surface area contributed by atoms with Crippen molar-refractivity contribution in [2.24, 2.45) is 23.7 Å². The molecular formula is C16H32N2. The number of rotatable bonds is 4. The molecule has 0 amide bonds. The van der Waals surface area contributed by atoms with Crippen LogP contribution in [-0.4, -0.2) is 37.6 Å². The molecule has 2 aliphatic rings. The predicted octanol–water partition coefficient (Wildman–Crippen LogP) is 2.99. The first-order valence-corrected chi connectivity index (χ1v) is 8.10. The Kier molecular flexibility index (Phi) is 5.50. The van der Waals surface area contributed by atoms with Crippen molar-refractivity contribution in [1.82, 2.24) is 10.2 Å². The molecule has 2 fully saturated rings. The average molecular weight is 252 g/mol. The van der Waals surface area contributed by atoms with E-state index in [0.717, 1.165) is 23.7 Å². The van der Waals surface area contributed by atoms with Crippen molar-refractivity contribution in [3.8, 4) is 0 Å². The first kappa shape index (κ1) is 14.3. The summed E-state index contributed by atoms with van der Waals surface area (Å²) in [6.07, 6.45) is 5.66. The quantitative estimate of drug-likeness (QED) is 0.827. The molecule has 106 valence electrons. The number of hydrogen-bond acceptors (Lipinski definition) is 2. The zero-order valence-electron chi connectivity index (χ0n) is 12.6. The second-order valence-corrected chi connectivity index (χ2v) is 6.97. The number of piperidine rings is 2. The molecule has 0 saturated carbocycles. The summed E-state index contributed by atoms with van der Waals surface area (Å²) in [4.78, 5) is 2.75. The van der Waals surface area contributed by atoms with E-state index in [2.05, 4.69) is 31.0 Å². The van der Waals surface area contributed by atoms with E-state index < -0.39 is 0 Å². The van der Waals surface area contributed by atoms with Crippen LogP contribution in [0.4, 0.5) is 0 Å². The molecule has 2 aliphatic heterocycles. The summed E-state index contributed by atoms with van der Waals surface area (Å²) in [7, 11) is 0. The van der Waals surface area contributed by atoms with Crippen LogP contribution in [0.3, 0.4) is 0 Å². The molecule has 0 aliphatic carbocycles. The van der Waals surface area contributed by atoms with E-state index in [-0.39, 0.29) is 0 Å². The van der Waals surface area contributed by atoms with Crippen LogP contribution in [0.25, 0.3) is 0 Å². The van der Waals surface area contributed by atoms with Gasteiger partial charge in [0.2, 0.25) is 0 Å². The summed E-state index contributed by atoms with van der Waals surface area (Å²) in [5, 5.41) is 3.48. The molecule has 18 heavy (non-hydrogen) atoms. The Hall–Kier alpha value is -0.0800. The fraction of sp³-hybridized carbons (Fsp3) is 1.00. The van der Waals surface area contributed by atoms with Crippen molar-refractivity contribution >= 4 is 0 Å². The molecule has 0 aromatic heterocycles. The first-order valence-electron chi connectivity index (χ1n) is 8.10. The van der Waals surface area contributed by atoms with Gasteiger partial charge in [-0.3, -0.25) is 0 Å². The monoisotopic (exact) mass is 252 g/mol. The minimum atomic E-state index is 0.863. The predicted molar refractivity (Wildman–Crippen MR) is 78.8 cm³/mol. The molecule has 2 unspecified atom stereocenters. The van der Waals surface area contributed by atoms with Crippen LogP contribution in [0.15, 0.2) is 0 Å². The smallest absolute Gasteiger partial charge is 0.00122 e. The van der Waals surface area contributed by atoms with Crippen LogP contribution < -0.4 is 5.32 Å². The van der Waals surface area contributed by atoms with Gasteiger partial charge >= 0.3 is 0 Å². The van der Waals surface area contributed by atoms with Gasteiger partial charge in [-0.15, -0.1) is 0 Å². The van der Waals surface area contributed by atoms with Crippen molar-refractivity contribution in [2.45, 2.75) is 46.5 Å². The molecule has 1 N–H and O–H groups in total. The Morgan fingerprint density at radius 1 is 1.06 bits per heavy atom. The van der Waals surface area contributed by atoms with Gasteiger partial charge in [-0.1, -0.05) is 20.8 Å². The third-order valence-corrected chi connectivity index (χ3v) is 5.22. The van der Waals surface area contributed by atoms with Gasteiger partial charge in [-0.05, 0) is 69.0 Å². The first-order chi connectivity index (χ1) is 8.66. The number of nitrogens with zero attached hydrogens (tertiary/aromatic N) is 1. The van der Waals surface area contributed by atoms with Crippen molar-refractivity contribution in [3.05, 3.63) is 0 Å². The highest BCUT2D eigenvalue weighted by Gasteiger charge is 2.26. The highest BCUT2D eigenvalue weighted by Crippen LogP contribution is 2.27. The zero-order valence-corrected chi connectivity index (χ0v) is 12.6. The lowest BCUT2D eigenvalue weighted by atomic mass is 9.84. The molecule has 2 nitrogen and oxygen atoms in total. The maximum atomic E-state index is 3.48. The van der Waals surface area contributed by atoms with E-state index in [1.165, 1.54) is 58.4 Å². The normalized spacial score (nSPS) is 29.7. The van der Waals surface area contributed by atoms with Crippen LogP contribution >= 0.6 is 0 Å². The summed E-state index contributed by atoms with van der Waals surface area (Å²) in [5.74, 6) is 3.66. The van der Waals surface area contributed by atoms with E-state index in [4.69, 9.17) is 0 Å². The lowest BCUT2D eigenvalue weighted by Crippen LogP contribution is -2.42. The Morgan fingerprint density at radius 2 is 1.78 bits per heavy atom. The van der Waals surface area contributed by atoms with E-state index in [1.807, 2.05) is 0 Å². The van der Waals surface area contributed by atoms with Crippen LogP contribution in [0, 0.1) is 23.7 Å². The summed E-state index contributed by atoms with van der Waals surface area (Å²) >= 11 is 0. The van der Waals surface area contributed by atoms with Gasteiger partial charge in [-0.25, -0.2) is 0 Å². The molecule has 2 atom stereocenters. The van der Waals surface area contributed by atoms with Crippen molar-refractivity contribution in [3.63, 3.8) is 0 Å². The summed E-state index contributed by atoms with van der Waals surface area (Å²) in [6, 6.07) is 0. The van der Waals surface area contributed by atoms with Crippen LogP contribution in [-0.2, 0) is 0 Å². The number of nitrogens with one attached hydrogen (secondary N) is 1. The average Bonchev–Trinajstić information content (AvgIpc) is 2.40. The van der Waals surface area contributed by atoms with Crippen molar-refractivity contribution in [1.29, 1.82) is 0 Å². The summed E-state index contributed by atoms with van der Waals surface area (Å²) in [5.41, 5.74) is 0.